The molecule has 0 radical (unpaired) electrons. The predicted molar refractivity (Wildman–Crippen MR) is 95.6 cm³/mol. The van der Waals surface area contributed by atoms with Crippen LogP contribution >= 0.6 is 34.4 Å². The van der Waals surface area contributed by atoms with Gasteiger partial charge in [-0.1, -0.05) is 11.8 Å². The second-order valence-corrected chi connectivity index (χ2v) is 7.88. The molecule has 7 nitrogen and oxygen atoms in total. The highest BCUT2D eigenvalue weighted by molar-refractivity contribution is 8.00. The lowest BCUT2D eigenvalue weighted by Crippen LogP contribution is -2.24. The fourth-order valence-corrected chi connectivity index (χ4v) is 4.67. The zero-order valence-electron chi connectivity index (χ0n) is 12.3. The van der Waals surface area contributed by atoms with E-state index in [2.05, 4.69) is 15.1 Å². The summed E-state index contributed by atoms with van der Waals surface area (Å²) in [5.41, 5.74) is 7.66. The molecule has 10 heteroatoms. The molecule has 0 aliphatic rings. The van der Waals surface area contributed by atoms with Crippen molar-refractivity contribution in [3.05, 3.63) is 27.6 Å². The van der Waals surface area contributed by atoms with E-state index in [9.17, 15) is 4.79 Å². The van der Waals surface area contributed by atoms with E-state index in [4.69, 9.17) is 5.73 Å². The number of rotatable bonds is 3. The molecule has 0 aromatic carbocycles. The molecule has 4 heterocycles. The smallest absolute Gasteiger partial charge is 0.291 e. The summed E-state index contributed by atoms with van der Waals surface area (Å²) in [4.78, 5) is 21.5. The number of hydrogen-bond donors (Lipinski definition) is 1. The Morgan fingerprint density at radius 2 is 2.22 bits per heavy atom. The van der Waals surface area contributed by atoms with Gasteiger partial charge in [-0.25, -0.2) is 14.6 Å². The average molecular weight is 364 g/mol. The molecular formula is C13H12N6OS3. The largest absolute Gasteiger partial charge is 0.375 e. The number of aromatic nitrogens is 5. The van der Waals surface area contributed by atoms with Gasteiger partial charge in [0.1, 0.15) is 5.52 Å². The molecule has 0 atom stereocenters. The number of anilines is 1. The molecule has 0 unspecified atom stereocenters. The molecular weight excluding hydrogens is 352 g/mol. The van der Waals surface area contributed by atoms with Crippen LogP contribution in [0.25, 0.3) is 21.3 Å². The number of nitrogen functional groups attached to an aromatic ring is 1. The van der Waals surface area contributed by atoms with Gasteiger partial charge in [0.2, 0.25) is 0 Å². The number of fused-ring (bicyclic) bond motifs is 3. The third-order valence-corrected chi connectivity index (χ3v) is 6.35. The molecule has 0 bridgehead atoms. The zero-order chi connectivity index (χ0) is 16.1. The number of hydrogen-bond acceptors (Lipinski definition) is 8. The maximum Gasteiger partial charge on any atom is 0.291 e. The Bertz CT molecular complexity index is 1090. The van der Waals surface area contributed by atoms with Crippen molar-refractivity contribution in [3.8, 4) is 0 Å². The summed E-state index contributed by atoms with van der Waals surface area (Å²) in [5.74, 6) is 0. The van der Waals surface area contributed by atoms with E-state index in [-0.39, 0.29) is 5.56 Å². The fourth-order valence-electron chi connectivity index (χ4n) is 2.52. The molecule has 4 aromatic rings. The summed E-state index contributed by atoms with van der Waals surface area (Å²) >= 11 is 4.54. The fraction of sp³-hybridized carbons (Fsp3) is 0.231. The van der Waals surface area contributed by atoms with Crippen LogP contribution in [0.5, 0.6) is 0 Å². The molecule has 0 fully saturated rings. The molecule has 118 valence electrons. The third kappa shape index (κ3) is 2.25. The quantitative estimate of drug-likeness (QED) is 0.560. The second-order valence-electron chi connectivity index (χ2n) is 4.94. The lowest BCUT2D eigenvalue weighted by atomic mass is 10.3. The molecule has 2 N–H and O–H groups in total. The summed E-state index contributed by atoms with van der Waals surface area (Å²) < 4.78 is 5.24. The molecule has 0 aliphatic carbocycles. The van der Waals surface area contributed by atoms with Gasteiger partial charge in [0.05, 0.1) is 23.1 Å². The minimum absolute atomic E-state index is 0.146. The number of nitrogens with zero attached hydrogens (tertiary/aromatic N) is 5. The molecule has 23 heavy (non-hydrogen) atoms. The van der Waals surface area contributed by atoms with Crippen LogP contribution < -0.4 is 11.3 Å². The first-order valence-corrected chi connectivity index (χ1v) is 9.59. The van der Waals surface area contributed by atoms with Gasteiger partial charge in [0.15, 0.2) is 15.1 Å². The van der Waals surface area contributed by atoms with E-state index in [1.807, 2.05) is 23.3 Å². The Kier molecular flexibility index (Phi) is 3.39. The standard InChI is InChI=1S/C13H12N6OS3/c1-18-8-7(9-10(18)17-13(21-2)23-9)3-15-19(11(8)20)4-6-5-22-12(14)16-6/h3,5H,4H2,1-2H3,(H2,14,16). The normalized spacial score (nSPS) is 11.7. The number of aryl methyl sites for hydroxylation is 1. The van der Waals surface area contributed by atoms with E-state index in [1.165, 1.54) is 16.0 Å². The van der Waals surface area contributed by atoms with Crippen LogP contribution in [-0.2, 0) is 13.6 Å². The van der Waals surface area contributed by atoms with Crippen LogP contribution in [0.2, 0.25) is 0 Å². The monoisotopic (exact) mass is 364 g/mol. The van der Waals surface area contributed by atoms with Gasteiger partial charge < -0.3 is 10.3 Å². The molecule has 4 rings (SSSR count). The summed E-state index contributed by atoms with van der Waals surface area (Å²) in [6.07, 6.45) is 3.72. The first kappa shape index (κ1) is 14.7. The van der Waals surface area contributed by atoms with Crippen LogP contribution in [0.15, 0.2) is 20.7 Å². The highest BCUT2D eigenvalue weighted by atomic mass is 32.2. The molecule has 0 spiro atoms. The van der Waals surface area contributed by atoms with Crippen molar-refractivity contribution in [2.45, 2.75) is 10.9 Å². The summed E-state index contributed by atoms with van der Waals surface area (Å²) in [7, 11) is 1.86. The summed E-state index contributed by atoms with van der Waals surface area (Å²) in [5, 5.41) is 7.47. The minimum atomic E-state index is -0.146. The molecule has 4 aromatic heterocycles. The van der Waals surface area contributed by atoms with Gasteiger partial charge in [0, 0.05) is 17.8 Å². The van der Waals surface area contributed by atoms with Gasteiger partial charge in [-0.2, -0.15) is 5.10 Å². The van der Waals surface area contributed by atoms with E-state index in [1.54, 1.807) is 29.3 Å². The number of thioether (sulfide) groups is 1. The van der Waals surface area contributed by atoms with Crippen LogP contribution in [0.4, 0.5) is 5.13 Å². The first-order valence-electron chi connectivity index (χ1n) is 6.67. The van der Waals surface area contributed by atoms with Crippen molar-refractivity contribution < 1.29 is 0 Å². The minimum Gasteiger partial charge on any atom is -0.375 e. The summed E-state index contributed by atoms with van der Waals surface area (Å²) in [6.45, 7) is 0.310. The van der Waals surface area contributed by atoms with Crippen molar-refractivity contribution in [2.24, 2.45) is 7.05 Å². The van der Waals surface area contributed by atoms with E-state index in [0.29, 0.717) is 17.2 Å². The van der Waals surface area contributed by atoms with Crippen LogP contribution in [-0.4, -0.2) is 30.6 Å². The number of nitrogens with two attached hydrogens (primary N) is 1. The van der Waals surface area contributed by atoms with E-state index in [0.717, 1.165) is 25.8 Å². The Labute approximate surface area is 142 Å². The highest BCUT2D eigenvalue weighted by Crippen LogP contribution is 2.34. The zero-order valence-corrected chi connectivity index (χ0v) is 14.8. The van der Waals surface area contributed by atoms with Gasteiger partial charge in [0.25, 0.3) is 5.56 Å². The SMILES string of the molecule is CSc1nc2c(s1)c1cnn(Cc3csc(N)n3)c(=O)c1n2C. The topological polar surface area (TPSA) is 91.6 Å². The molecule has 0 amide bonds. The second kappa shape index (κ2) is 5.32. The first-order chi connectivity index (χ1) is 11.1. The van der Waals surface area contributed by atoms with Gasteiger partial charge >= 0.3 is 0 Å². The molecule has 0 saturated heterocycles. The van der Waals surface area contributed by atoms with Crippen LogP contribution in [0.1, 0.15) is 5.69 Å². The van der Waals surface area contributed by atoms with Gasteiger partial charge in [-0.3, -0.25) is 4.79 Å². The maximum atomic E-state index is 12.8. The van der Waals surface area contributed by atoms with Crippen LogP contribution in [0, 0.1) is 0 Å². The Morgan fingerprint density at radius 1 is 1.39 bits per heavy atom. The van der Waals surface area contributed by atoms with Crippen LogP contribution in [0.3, 0.4) is 0 Å². The highest BCUT2D eigenvalue weighted by Gasteiger charge is 2.18. The molecule has 0 saturated carbocycles. The van der Waals surface area contributed by atoms with Gasteiger partial charge in [-0.15, -0.1) is 22.7 Å². The average Bonchev–Trinajstić information content (AvgIpc) is 3.19. The Balaban J connectivity index is 1.91. The van der Waals surface area contributed by atoms with Crippen molar-refractivity contribution >= 4 is 60.8 Å². The summed E-state index contributed by atoms with van der Waals surface area (Å²) in [6, 6.07) is 0. The lowest BCUT2D eigenvalue weighted by Gasteiger charge is -2.03. The van der Waals surface area contributed by atoms with Crippen molar-refractivity contribution in [2.75, 3.05) is 12.0 Å². The molecule has 0 aliphatic heterocycles. The van der Waals surface area contributed by atoms with E-state index < -0.39 is 0 Å². The third-order valence-electron chi connectivity index (χ3n) is 3.56. The maximum absolute atomic E-state index is 12.8. The van der Waals surface area contributed by atoms with Crippen molar-refractivity contribution in [1.29, 1.82) is 0 Å². The Hall–Kier alpha value is -1.91. The Morgan fingerprint density at radius 3 is 2.91 bits per heavy atom. The van der Waals surface area contributed by atoms with Crippen molar-refractivity contribution in [1.82, 2.24) is 24.3 Å². The lowest BCUT2D eigenvalue weighted by molar-refractivity contribution is 0.635. The predicted octanol–water partition coefficient (Wildman–Crippen LogP) is 2.15. The van der Waals surface area contributed by atoms with Gasteiger partial charge in [-0.05, 0) is 6.26 Å². The van der Waals surface area contributed by atoms with Crippen molar-refractivity contribution in [3.63, 3.8) is 0 Å². The van der Waals surface area contributed by atoms with E-state index >= 15 is 0 Å². The number of thiazole rings is 2.